The van der Waals surface area contributed by atoms with E-state index in [1.54, 1.807) is 0 Å². The quantitative estimate of drug-likeness (QED) is 0.811. The van der Waals surface area contributed by atoms with Gasteiger partial charge in [0, 0.05) is 13.6 Å². The number of rotatable bonds is 5. The SMILES string of the molecule is CN(Cc1cccc(C(F)(F)F)c1)S(=O)(=O)Cc1ccc(C#N)cc1. The number of nitrogens with zero attached hydrogens (tertiary/aromatic N) is 2. The number of halogens is 3. The highest BCUT2D eigenvalue weighted by atomic mass is 32.2. The Hall–Kier alpha value is -2.37. The van der Waals surface area contributed by atoms with E-state index in [0.717, 1.165) is 16.4 Å². The summed E-state index contributed by atoms with van der Waals surface area (Å²) in [6.45, 7) is -0.164. The van der Waals surface area contributed by atoms with Crippen molar-refractivity contribution in [3.63, 3.8) is 0 Å². The Labute approximate surface area is 144 Å². The second-order valence-corrected chi connectivity index (χ2v) is 7.59. The number of benzene rings is 2. The maximum atomic E-state index is 12.7. The molecule has 0 aliphatic carbocycles. The van der Waals surface area contributed by atoms with Crippen LogP contribution in [0.2, 0.25) is 0 Å². The average molecular weight is 368 g/mol. The monoisotopic (exact) mass is 368 g/mol. The van der Waals surface area contributed by atoms with Gasteiger partial charge < -0.3 is 0 Å². The molecule has 0 radical (unpaired) electrons. The molecule has 0 bridgehead atoms. The van der Waals surface area contributed by atoms with Gasteiger partial charge in [-0.15, -0.1) is 0 Å². The van der Waals surface area contributed by atoms with Crippen LogP contribution in [0.5, 0.6) is 0 Å². The molecule has 0 saturated carbocycles. The van der Waals surface area contributed by atoms with E-state index in [0.29, 0.717) is 11.1 Å². The lowest BCUT2D eigenvalue weighted by Crippen LogP contribution is -2.27. The summed E-state index contributed by atoms with van der Waals surface area (Å²) in [6.07, 6.45) is -4.48. The Morgan fingerprint density at radius 2 is 1.72 bits per heavy atom. The fraction of sp³-hybridized carbons (Fsp3) is 0.235. The summed E-state index contributed by atoms with van der Waals surface area (Å²) in [4.78, 5) is 0. The molecule has 0 aliphatic rings. The molecule has 2 aromatic rings. The van der Waals surface area contributed by atoms with Gasteiger partial charge >= 0.3 is 6.18 Å². The van der Waals surface area contributed by atoms with Gasteiger partial charge in [-0.05, 0) is 29.3 Å². The Kier molecular flexibility index (Phi) is 5.50. The molecule has 0 unspecified atom stereocenters. The predicted octanol–water partition coefficient (Wildman–Crippen LogP) is 3.54. The van der Waals surface area contributed by atoms with Crippen LogP contribution in [0, 0.1) is 11.3 Å². The van der Waals surface area contributed by atoms with Crippen molar-refractivity contribution in [3.8, 4) is 6.07 Å². The van der Waals surface area contributed by atoms with Gasteiger partial charge in [0.15, 0.2) is 0 Å². The molecule has 25 heavy (non-hydrogen) atoms. The first-order valence-corrected chi connectivity index (χ1v) is 8.82. The third kappa shape index (κ3) is 5.05. The van der Waals surface area contributed by atoms with E-state index in [1.807, 2.05) is 6.07 Å². The highest BCUT2D eigenvalue weighted by Gasteiger charge is 2.30. The second-order valence-electron chi connectivity index (χ2n) is 5.52. The van der Waals surface area contributed by atoms with Crippen molar-refractivity contribution < 1.29 is 21.6 Å². The highest BCUT2D eigenvalue weighted by Crippen LogP contribution is 2.29. The van der Waals surface area contributed by atoms with Crippen molar-refractivity contribution in [1.82, 2.24) is 4.31 Å². The van der Waals surface area contributed by atoms with Gasteiger partial charge in [0.2, 0.25) is 10.0 Å². The first kappa shape index (κ1) is 19.0. The van der Waals surface area contributed by atoms with Gasteiger partial charge in [-0.25, -0.2) is 12.7 Å². The minimum atomic E-state index is -4.48. The smallest absolute Gasteiger partial charge is 0.212 e. The molecule has 0 aromatic heterocycles. The third-order valence-electron chi connectivity index (χ3n) is 3.57. The zero-order valence-electron chi connectivity index (χ0n) is 13.3. The molecule has 0 heterocycles. The van der Waals surface area contributed by atoms with Gasteiger partial charge in [0.25, 0.3) is 0 Å². The molecular formula is C17H15F3N2O2S. The van der Waals surface area contributed by atoms with Gasteiger partial charge in [0.1, 0.15) is 0 Å². The summed E-state index contributed by atoms with van der Waals surface area (Å²) < 4.78 is 64.0. The van der Waals surface area contributed by atoms with Crippen LogP contribution >= 0.6 is 0 Å². The van der Waals surface area contributed by atoms with Crippen molar-refractivity contribution in [2.75, 3.05) is 7.05 Å². The van der Waals surface area contributed by atoms with Crippen LogP contribution in [0.15, 0.2) is 48.5 Å². The minimum absolute atomic E-state index is 0.164. The van der Waals surface area contributed by atoms with Crippen LogP contribution in [0.3, 0.4) is 0 Å². The normalized spacial score (nSPS) is 12.2. The molecule has 2 aromatic carbocycles. The summed E-state index contributed by atoms with van der Waals surface area (Å²) in [7, 11) is -2.39. The first-order chi connectivity index (χ1) is 11.6. The molecule has 132 valence electrons. The Morgan fingerprint density at radius 3 is 2.28 bits per heavy atom. The number of nitriles is 1. The lowest BCUT2D eigenvalue weighted by atomic mass is 10.1. The molecule has 0 N–H and O–H groups in total. The van der Waals surface area contributed by atoms with Crippen LogP contribution in [0.1, 0.15) is 22.3 Å². The van der Waals surface area contributed by atoms with Crippen molar-refractivity contribution in [3.05, 3.63) is 70.8 Å². The molecule has 0 amide bonds. The zero-order chi connectivity index (χ0) is 18.7. The molecule has 0 fully saturated rings. The van der Waals surface area contributed by atoms with Crippen LogP contribution in [0.4, 0.5) is 13.2 Å². The van der Waals surface area contributed by atoms with Crippen molar-refractivity contribution in [1.29, 1.82) is 5.26 Å². The fourth-order valence-electron chi connectivity index (χ4n) is 2.20. The summed E-state index contributed by atoms with van der Waals surface area (Å²) in [5.74, 6) is -0.297. The molecule has 0 atom stereocenters. The van der Waals surface area contributed by atoms with E-state index in [9.17, 15) is 21.6 Å². The first-order valence-electron chi connectivity index (χ1n) is 7.21. The zero-order valence-corrected chi connectivity index (χ0v) is 14.1. The number of hydrogen-bond donors (Lipinski definition) is 0. The predicted molar refractivity (Wildman–Crippen MR) is 86.7 cm³/mol. The molecule has 0 aliphatic heterocycles. The second kappa shape index (κ2) is 7.25. The maximum Gasteiger partial charge on any atom is 0.416 e. The molecular weight excluding hydrogens is 353 g/mol. The lowest BCUT2D eigenvalue weighted by molar-refractivity contribution is -0.137. The molecule has 4 nitrogen and oxygen atoms in total. The topological polar surface area (TPSA) is 61.2 Å². The average Bonchev–Trinajstić information content (AvgIpc) is 2.54. The van der Waals surface area contributed by atoms with E-state index in [4.69, 9.17) is 5.26 Å². The molecule has 8 heteroatoms. The Bertz CT molecular complexity index is 885. The van der Waals surface area contributed by atoms with Crippen molar-refractivity contribution in [2.24, 2.45) is 0 Å². The number of hydrogen-bond acceptors (Lipinski definition) is 3. The van der Waals surface area contributed by atoms with Crippen LogP contribution < -0.4 is 0 Å². The Balaban J connectivity index is 2.13. The van der Waals surface area contributed by atoms with Crippen LogP contribution in [-0.2, 0) is 28.5 Å². The van der Waals surface area contributed by atoms with Crippen molar-refractivity contribution in [2.45, 2.75) is 18.5 Å². The molecule has 0 saturated heterocycles. The van der Waals surface area contributed by atoms with Crippen LogP contribution in [0.25, 0.3) is 0 Å². The molecule has 2 rings (SSSR count). The van der Waals surface area contributed by atoms with Gasteiger partial charge in [-0.3, -0.25) is 0 Å². The lowest BCUT2D eigenvalue weighted by Gasteiger charge is -2.18. The van der Waals surface area contributed by atoms with E-state index in [1.165, 1.54) is 43.4 Å². The fourth-order valence-corrected chi connectivity index (χ4v) is 3.38. The summed E-state index contributed by atoms with van der Waals surface area (Å²) in [5, 5.41) is 8.74. The minimum Gasteiger partial charge on any atom is -0.212 e. The summed E-state index contributed by atoms with van der Waals surface area (Å²) in [6, 6.07) is 12.6. The number of sulfonamides is 1. The molecule has 0 spiro atoms. The van der Waals surface area contributed by atoms with Crippen molar-refractivity contribution >= 4 is 10.0 Å². The standard InChI is InChI=1S/C17H15F3N2O2S/c1-22(11-15-3-2-4-16(9-15)17(18,19)20)25(23,24)12-14-7-5-13(10-21)6-8-14/h2-9H,11-12H2,1H3. The summed E-state index contributed by atoms with van der Waals surface area (Å²) >= 11 is 0. The van der Waals surface area contributed by atoms with E-state index < -0.39 is 21.8 Å². The largest absolute Gasteiger partial charge is 0.416 e. The van der Waals surface area contributed by atoms with Crippen LogP contribution in [-0.4, -0.2) is 19.8 Å². The van der Waals surface area contributed by atoms with Gasteiger partial charge in [-0.2, -0.15) is 18.4 Å². The third-order valence-corrected chi connectivity index (χ3v) is 5.34. The summed E-state index contributed by atoms with van der Waals surface area (Å²) in [5.41, 5.74) is 0.344. The highest BCUT2D eigenvalue weighted by molar-refractivity contribution is 7.88. The van der Waals surface area contributed by atoms with E-state index >= 15 is 0 Å². The van der Waals surface area contributed by atoms with Gasteiger partial charge in [-0.1, -0.05) is 30.3 Å². The Morgan fingerprint density at radius 1 is 1.08 bits per heavy atom. The van der Waals surface area contributed by atoms with E-state index in [2.05, 4.69) is 0 Å². The number of alkyl halides is 3. The van der Waals surface area contributed by atoms with E-state index in [-0.39, 0.29) is 17.9 Å². The maximum absolute atomic E-state index is 12.7. The van der Waals surface area contributed by atoms with Gasteiger partial charge in [0.05, 0.1) is 22.9 Å².